The molecule has 1 N–H and O–H groups in total. The molecule has 2 aliphatic rings. The first-order valence-corrected chi connectivity index (χ1v) is 11.3. The molecule has 0 saturated heterocycles. The Labute approximate surface area is 202 Å². The number of rotatable bonds is 7. The minimum Gasteiger partial charge on any atom is -0.489 e. The highest BCUT2D eigenvalue weighted by Gasteiger charge is 2.44. The third-order valence-corrected chi connectivity index (χ3v) is 6.11. The van der Waals surface area contributed by atoms with Gasteiger partial charge in [0.2, 0.25) is 0 Å². The number of hydrogen-bond donors (Lipinski definition) is 1. The molecule has 1 atom stereocenters. The van der Waals surface area contributed by atoms with Gasteiger partial charge in [-0.1, -0.05) is 48.5 Å². The lowest BCUT2D eigenvalue weighted by Gasteiger charge is -2.33. The van der Waals surface area contributed by atoms with Gasteiger partial charge >= 0.3 is 6.03 Å². The minimum atomic E-state index is -0.642. The van der Waals surface area contributed by atoms with Crippen molar-refractivity contribution in [2.24, 2.45) is 0 Å². The Morgan fingerprint density at radius 1 is 1.03 bits per heavy atom. The fraction of sp³-hybridized carbons (Fsp3) is 0.143. The first-order valence-electron chi connectivity index (χ1n) is 11.3. The number of hydrogen-bond acceptors (Lipinski definition) is 3. The summed E-state index contributed by atoms with van der Waals surface area (Å²) in [7, 11) is 0. The molecule has 3 aromatic carbocycles. The van der Waals surface area contributed by atoms with Crippen molar-refractivity contribution < 1.29 is 18.7 Å². The monoisotopic (exact) mass is 469 g/mol. The van der Waals surface area contributed by atoms with Crippen LogP contribution in [0, 0.1) is 5.82 Å². The molecule has 0 spiro atoms. The first-order chi connectivity index (χ1) is 17.0. The van der Waals surface area contributed by atoms with Crippen LogP contribution in [0.15, 0.2) is 103 Å². The average Bonchev–Trinajstić information content (AvgIpc) is 3.22. The maximum Gasteiger partial charge on any atom is 0.322 e. The Balaban J connectivity index is 1.47. The molecule has 3 aromatic rings. The SMILES string of the molecule is C=CCN1C(=O)NC(c2cccc(OCc3ccccc3)c2)C2=C1CN(c1ccc(F)cc1)C2=O. The van der Waals surface area contributed by atoms with Gasteiger partial charge in [0.05, 0.1) is 23.9 Å². The predicted octanol–water partition coefficient (Wildman–Crippen LogP) is 4.96. The number of nitrogens with zero attached hydrogens (tertiary/aromatic N) is 2. The lowest BCUT2D eigenvalue weighted by atomic mass is 9.95. The van der Waals surface area contributed by atoms with Gasteiger partial charge in [-0.05, 0) is 47.5 Å². The molecule has 0 aliphatic carbocycles. The molecule has 6 nitrogen and oxygen atoms in total. The number of carbonyl (C=O) groups is 2. The van der Waals surface area contributed by atoms with Crippen molar-refractivity contribution in [1.82, 2.24) is 10.2 Å². The van der Waals surface area contributed by atoms with Gasteiger partial charge in [-0.15, -0.1) is 6.58 Å². The average molecular weight is 470 g/mol. The molecule has 7 heteroatoms. The van der Waals surface area contributed by atoms with E-state index in [4.69, 9.17) is 4.74 Å². The number of benzene rings is 3. The van der Waals surface area contributed by atoms with E-state index in [2.05, 4.69) is 11.9 Å². The fourth-order valence-corrected chi connectivity index (χ4v) is 4.42. The Kier molecular flexibility index (Phi) is 6.06. The molecule has 1 unspecified atom stereocenters. The topological polar surface area (TPSA) is 61.9 Å². The Morgan fingerprint density at radius 3 is 2.54 bits per heavy atom. The number of ether oxygens (including phenoxy) is 1. The Hall–Kier alpha value is -4.39. The zero-order valence-electron chi connectivity index (χ0n) is 19.0. The van der Waals surface area contributed by atoms with E-state index in [0.29, 0.717) is 29.3 Å². The van der Waals surface area contributed by atoms with Gasteiger partial charge < -0.3 is 15.0 Å². The molecule has 0 aromatic heterocycles. The summed E-state index contributed by atoms with van der Waals surface area (Å²) in [6, 6.07) is 22.0. The van der Waals surface area contributed by atoms with Crippen LogP contribution in [-0.2, 0) is 11.4 Å². The van der Waals surface area contributed by atoms with E-state index in [1.807, 2.05) is 54.6 Å². The highest BCUT2D eigenvalue weighted by Crippen LogP contribution is 2.38. The molecule has 35 heavy (non-hydrogen) atoms. The van der Waals surface area contributed by atoms with Crippen LogP contribution in [0.2, 0.25) is 0 Å². The molecule has 0 saturated carbocycles. The smallest absolute Gasteiger partial charge is 0.322 e. The standard InChI is InChI=1S/C28H24FN3O3/c1-2-15-31-24-17-32(22-13-11-21(29)12-14-22)27(33)25(24)26(30-28(31)34)20-9-6-10-23(16-20)35-18-19-7-4-3-5-8-19/h2-14,16,26H,1,15,17-18H2,(H,30,34). The van der Waals surface area contributed by atoms with E-state index in [1.165, 1.54) is 17.0 Å². The van der Waals surface area contributed by atoms with Crippen molar-refractivity contribution >= 4 is 17.6 Å². The van der Waals surface area contributed by atoms with Gasteiger partial charge in [-0.3, -0.25) is 9.69 Å². The summed E-state index contributed by atoms with van der Waals surface area (Å²) >= 11 is 0. The number of nitrogens with one attached hydrogen (secondary N) is 1. The molecule has 0 bridgehead atoms. The summed E-state index contributed by atoms with van der Waals surface area (Å²) < 4.78 is 19.4. The summed E-state index contributed by atoms with van der Waals surface area (Å²) in [6.07, 6.45) is 1.62. The second-order valence-corrected chi connectivity index (χ2v) is 8.36. The van der Waals surface area contributed by atoms with Crippen molar-refractivity contribution in [3.05, 3.63) is 120 Å². The molecular weight excluding hydrogens is 445 g/mol. The number of urea groups is 1. The molecule has 2 heterocycles. The largest absolute Gasteiger partial charge is 0.489 e. The highest BCUT2D eigenvalue weighted by atomic mass is 19.1. The van der Waals surface area contributed by atoms with Gasteiger partial charge in [-0.2, -0.15) is 0 Å². The van der Waals surface area contributed by atoms with Gasteiger partial charge in [0, 0.05) is 12.2 Å². The number of halogens is 1. The summed E-state index contributed by atoms with van der Waals surface area (Å²) in [5.41, 5.74) is 3.44. The van der Waals surface area contributed by atoms with Crippen LogP contribution in [0.3, 0.4) is 0 Å². The molecule has 3 amide bonds. The van der Waals surface area contributed by atoms with Gasteiger partial charge in [0.25, 0.3) is 5.91 Å². The van der Waals surface area contributed by atoms with E-state index in [0.717, 1.165) is 11.1 Å². The van der Waals surface area contributed by atoms with Crippen molar-refractivity contribution in [3.8, 4) is 5.75 Å². The quantitative estimate of drug-likeness (QED) is 0.498. The molecule has 176 valence electrons. The third-order valence-electron chi connectivity index (χ3n) is 6.11. The normalized spacial score (nSPS) is 17.3. The molecule has 2 aliphatic heterocycles. The fourth-order valence-electron chi connectivity index (χ4n) is 4.42. The van der Waals surface area contributed by atoms with Crippen LogP contribution in [0.25, 0.3) is 0 Å². The Bertz CT molecular complexity index is 1300. The molecule has 0 fully saturated rings. The van der Waals surface area contributed by atoms with Gasteiger partial charge in [0.1, 0.15) is 18.2 Å². The summed E-state index contributed by atoms with van der Waals surface area (Å²) in [5.74, 6) is 0.0202. The van der Waals surface area contributed by atoms with E-state index in [1.54, 1.807) is 23.1 Å². The van der Waals surface area contributed by atoms with Crippen LogP contribution in [-0.4, -0.2) is 29.9 Å². The van der Waals surface area contributed by atoms with Crippen molar-refractivity contribution in [2.75, 3.05) is 18.0 Å². The van der Waals surface area contributed by atoms with Crippen LogP contribution < -0.4 is 15.0 Å². The van der Waals surface area contributed by atoms with Crippen LogP contribution >= 0.6 is 0 Å². The summed E-state index contributed by atoms with van der Waals surface area (Å²) in [6.45, 7) is 4.62. The van der Waals surface area contributed by atoms with E-state index in [-0.39, 0.29) is 30.8 Å². The summed E-state index contributed by atoms with van der Waals surface area (Å²) in [5, 5.41) is 2.97. The second-order valence-electron chi connectivity index (χ2n) is 8.36. The number of anilines is 1. The predicted molar refractivity (Wildman–Crippen MR) is 131 cm³/mol. The number of carbonyl (C=O) groups excluding carboxylic acids is 2. The van der Waals surface area contributed by atoms with Crippen molar-refractivity contribution in [3.63, 3.8) is 0 Å². The van der Waals surface area contributed by atoms with Crippen LogP contribution in [0.4, 0.5) is 14.9 Å². The Morgan fingerprint density at radius 2 is 1.80 bits per heavy atom. The zero-order chi connectivity index (χ0) is 24.4. The zero-order valence-corrected chi connectivity index (χ0v) is 19.0. The van der Waals surface area contributed by atoms with E-state index < -0.39 is 6.04 Å². The maximum absolute atomic E-state index is 13.6. The summed E-state index contributed by atoms with van der Waals surface area (Å²) in [4.78, 5) is 29.7. The van der Waals surface area contributed by atoms with E-state index >= 15 is 0 Å². The van der Waals surface area contributed by atoms with Gasteiger partial charge in [-0.25, -0.2) is 9.18 Å². The maximum atomic E-state index is 13.6. The molecule has 0 radical (unpaired) electrons. The van der Waals surface area contributed by atoms with Crippen LogP contribution in [0.5, 0.6) is 5.75 Å². The third kappa shape index (κ3) is 4.40. The van der Waals surface area contributed by atoms with Gasteiger partial charge in [0.15, 0.2) is 0 Å². The number of amides is 3. The van der Waals surface area contributed by atoms with E-state index in [9.17, 15) is 14.0 Å². The molecular formula is C28H24FN3O3. The minimum absolute atomic E-state index is 0.210. The highest BCUT2D eigenvalue weighted by molar-refractivity contribution is 6.11. The first kappa shape index (κ1) is 22.4. The lowest BCUT2D eigenvalue weighted by Crippen LogP contribution is -2.47. The van der Waals surface area contributed by atoms with Crippen molar-refractivity contribution in [1.29, 1.82) is 0 Å². The second kappa shape index (κ2) is 9.46. The van der Waals surface area contributed by atoms with Crippen LogP contribution in [0.1, 0.15) is 17.2 Å². The molecule has 5 rings (SSSR count). The van der Waals surface area contributed by atoms with Crippen molar-refractivity contribution in [2.45, 2.75) is 12.6 Å². The lowest BCUT2D eigenvalue weighted by molar-refractivity contribution is -0.114.